The summed E-state index contributed by atoms with van der Waals surface area (Å²) in [6.07, 6.45) is -0.692. The number of rotatable bonds is 2. The molecule has 1 unspecified atom stereocenters. The van der Waals surface area contributed by atoms with Crippen LogP contribution in [-0.4, -0.2) is 107 Å². The van der Waals surface area contributed by atoms with E-state index in [-0.39, 0.29) is 49.1 Å². The molecule has 4 aromatic rings. The summed E-state index contributed by atoms with van der Waals surface area (Å²) in [5.41, 5.74) is 5.14. The minimum Gasteiger partial charge on any atom is -0.504 e. The normalized spacial score (nSPS) is 28.7. The predicted octanol–water partition coefficient (Wildman–Crippen LogP) is 5.61. The van der Waals surface area contributed by atoms with Gasteiger partial charge >= 0.3 is 6.16 Å². The Balaban J connectivity index is 1.24. The van der Waals surface area contributed by atoms with Gasteiger partial charge in [-0.2, -0.15) is 0 Å². The number of piperazine rings is 1. The number of aromatic nitrogens is 1. The lowest BCUT2D eigenvalue weighted by atomic mass is 9.73. The number of fused-ring (bicyclic) bond motifs is 12. The van der Waals surface area contributed by atoms with Gasteiger partial charge in [0.15, 0.2) is 28.8 Å². The summed E-state index contributed by atoms with van der Waals surface area (Å²) in [6.45, 7) is 9.38. The van der Waals surface area contributed by atoms with E-state index in [1.165, 1.54) is 0 Å². The molecule has 2 fully saturated rings. The van der Waals surface area contributed by atoms with Crippen molar-refractivity contribution in [1.82, 2.24) is 20.1 Å². The fraction of sp³-hybridized carbons (Fsp3) is 0.500. The van der Waals surface area contributed by atoms with Gasteiger partial charge in [0.05, 0.1) is 37.1 Å². The average Bonchev–Trinajstić information content (AvgIpc) is 3.83. The van der Waals surface area contributed by atoms with Gasteiger partial charge in [0, 0.05) is 57.2 Å². The van der Waals surface area contributed by atoms with Crippen molar-refractivity contribution in [2.45, 2.75) is 94.2 Å². The number of nitrogens with zero attached hydrogens (tertiary/aromatic N) is 2. The number of H-pyrrole nitrogens is 1. The number of thioether (sulfide) groups is 1. The number of nitrogens with one attached hydrogen (secondary N) is 2. The Morgan fingerprint density at radius 3 is 2.64 bits per heavy atom. The first-order chi connectivity index (χ1) is 28.2. The third-order valence-electron chi connectivity index (χ3n) is 13.2. The van der Waals surface area contributed by atoms with Crippen molar-refractivity contribution >= 4 is 34.6 Å². The van der Waals surface area contributed by atoms with Crippen LogP contribution in [0.5, 0.6) is 28.7 Å². The average molecular weight is 827 g/mol. The standard InChI is InChI=1S/C44H50N4O10S/c1-20-14-22-15-26-41(51)48-27-16-54-17-28(49)44(40-24(12-13-45-44)23-10-8-9-11-25(23)46-40)18-59-39(33(48)32(47(26)6)29(22)34(50)35(20)53-7)31-30(27)38-37(55-19-56-38)21(2)36(31)57-42(52)58-43(3,4)5/h8-11,14,26-27,32-33,39,41,45-46,50-51H,12-13,15-19H2,1-7H3/t26-,27+,32-,33?,39+,41-,44-/m0/s1. The number of carbonyl (C=O) groups is 2. The Bertz CT molecular complexity index is 2430. The molecule has 1 spiro atoms. The Morgan fingerprint density at radius 1 is 1.08 bits per heavy atom. The highest BCUT2D eigenvalue weighted by atomic mass is 32.2. The van der Waals surface area contributed by atoms with Crippen molar-refractivity contribution in [3.63, 3.8) is 0 Å². The van der Waals surface area contributed by atoms with Crippen LogP contribution in [0.25, 0.3) is 10.9 Å². The van der Waals surface area contributed by atoms with E-state index in [1.54, 1.807) is 39.6 Å². The Hall–Kier alpha value is -4.51. The molecule has 7 aliphatic heterocycles. The number of phenols is 1. The number of aromatic amines is 1. The Labute approximate surface area is 346 Å². The van der Waals surface area contributed by atoms with Crippen LogP contribution in [0.1, 0.15) is 82.7 Å². The second-order valence-electron chi connectivity index (χ2n) is 17.6. The number of aromatic hydroxyl groups is 1. The molecule has 0 aliphatic carbocycles. The van der Waals surface area contributed by atoms with Gasteiger partial charge in [0.1, 0.15) is 29.7 Å². The van der Waals surface area contributed by atoms with Gasteiger partial charge in [-0.25, -0.2) is 4.79 Å². The molecule has 15 heteroatoms. The molecule has 7 aliphatic rings. The van der Waals surface area contributed by atoms with Crippen molar-refractivity contribution < 1.29 is 48.2 Å². The second kappa shape index (κ2) is 13.8. The van der Waals surface area contributed by atoms with Crippen molar-refractivity contribution in [1.29, 1.82) is 0 Å². The summed E-state index contributed by atoms with van der Waals surface area (Å²) in [5.74, 6) is 1.76. The van der Waals surface area contributed by atoms with Crippen molar-refractivity contribution in [2.75, 3.05) is 46.5 Å². The molecule has 0 amide bonds. The fourth-order valence-electron chi connectivity index (χ4n) is 10.8. The lowest BCUT2D eigenvalue weighted by molar-refractivity contribution is -0.181. The third kappa shape index (κ3) is 5.65. The van der Waals surface area contributed by atoms with Crippen LogP contribution >= 0.6 is 11.8 Å². The van der Waals surface area contributed by atoms with E-state index in [4.69, 9.17) is 28.4 Å². The summed E-state index contributed by atoms with van der Waals surface area (Å²) in [7, 11) is 3.54. The maximum Gasteiger partial charge on any atom is 0.514 e. The zero-order valence-electron chi connectivity index (χ0n) is 34.3. The summed E-state index contributed by atoms with van der Waals surface area (Å²) in [6, 6.07) is 8.02. The summed E-state index contributed by atoms with van der Waals surface area (Å²) in [4.78, 5) is 36.6. The summed E-state index contributed by atoms with van der Waals surface area (Å²) < 4.78 is 36.9. The van der Waals surface area contributed by atoms with Crippen LogP contribution in [0, 0.1) is 13.8 Å². The van der Waals surface area contributed by atoms with Gasteiger partial charge in [-0.05, 0) is 77.3 Å². The van der Waals surface area contributed by atoms with Gasteiger partial charge < -0.3 is 43.6 Å². The van der Waals surface area contributed by atoms with Crippen LogP contribution in [0.4, 0.5) is 4.79 Å². The first-order valence-corrected chi connectivity index (χ1v) is 21.3. The number of aliphatic hydroxyl groups excluding tert-OH is 1. The number of para-hydroxylation sites is 1. The molecular weight excluding hydrogens is 777 g/mol. The molecule has 14 nitrogen and oxygen atoms in total. The predicted molar refractivity (Wildman–Crippen MR) is 219 cm³/mol. The van der Waals surface area contributed by atoms with Crippen LogP contribution in [0.15, 0.2) is 30.3 Å². The van der Waals surface area contributed by atoms with E-state index in [0.717, 1.165) is 39.7 Å². The topological polar surface area (TPSA) is 164 Å². The van der Waals surface area contributed by atoms with Gasteiger partial charge in [-0.3, -0.25) is 19.9 Å². The number of benzene rings is 3. The number of ketones is 1. The SMILES string of the molecule is COc1c(C)cc2c(c1O)[C@H]1C3[C@@H]4SC[C@]5(NCCc6c5[nH]c5ccccc65)C(=O)COC[C@H](c5c6c(c(C)c(OC(=O)OC(C)(C)C)c54)OCO6)N3[C@@H](O)[C@H](C2)N1C. The number of ether oxygens (including phenoxy) is 6. The molecule has 7 atom stereocenters. The Morgan fingerprint density at radius 2 is 1.86 bits per heavy atom. The number of carbonyl (C=O) groups excluding carboxylic acids is 2. The van der Waals surface area contributed by atoms with Gasteiger partial charge in [-0.15, -0.1) is 11.8 Å². The molecule has 0 radical (unpaired) electrons. The number of phenolic OH excluding ortho intramolecular Hbond substituents is 1. The highest BCUT2D eigenvalue weighted by molar-refractivity contribution is 7.99. The minimum atomic E-state index is -1.18. The second-order valence-corrected chi connectivity index (χ2v) is 18.7. The van der Waals surface area contributed by atoms with E-state index < -0.39 is 46.9 Å². The van der Waals surface area contributed by atoms with E-state index in [9.17, 15) is 19.8 Å². The molecule has 0 saturated carbocycles. The number of Topliss-reactive ketones (excluding diaryl/α,β-unsaturated/α-hetero) is 1. The maximum atomic E-state index is 14.9. The zero-order valence-corrected chi connectivity index (χ0v) is 35.1. The molecule has 312 valence electrons. The minimum absolute atomic E-state index is 0.0106. The van der Waals surface area contributed by atoms with E-state index >= 15 is 0 Å². The molecule has 4 N–H and O–H groups in total. The fourth-order valence-corrected chi connectivity index (χ4v) is 12.5. The summed E-state index contributed by atoms with van der Waals surface area (Å²) in [5, 5.41) is 29.1. The quantitative estimate of drug-likeness (QED) is 0.146. The molecular formula is C44H50N4O10S. The van der Waals surface area contributed by atoms with Gasteiger partial charge in [0.2, 0.25) is 6.79 Å². The van der Waals surface area contributed by atoms with Gasteiger partial charge in [-0.1, -0.05) is 24.3 Å². The molecule has 11 rings (SSSR count). The zero-order chi connectivity index (χ0) is 41.3. The van der Waals surface area contributed by atoms with Crippen LogP contribution in [0.3, 0.4) is 0 Å². The van der Waals surface area contributed by atoms with Crippen molar-refractivity contribution in [3.8, 4) is 28.7 Å². The van der Waals surface area contributed by atoms with Gasteiger partial charge in [0.25, 0.3) is 0 Å². The summed E-state index contributed by atoms with van der Waals surface area (Å²) >= 11 is 1.55. The monoisotopic (exact) mass is 826 g/mol. The van der Waals surface area contributed by atoms with Crippen molar-refractivity contribution in [2.24, 2.45) is 0 Å². The van der Waals surface area contributed by atoms with Crippen LogP contribution in [0.2, 0.25) is 0 Å². The van der Waals surface area contributed by atoms with Crippen LogP contribution < -0.4 is 24.3 Å². The third-order valence-corrected chi connectivity index (χ3v) is 14.7. The van der Waals surface area contributed by atoms with E-state index in [1.807, 2.05) is 45.2 Å². The molecule has 4 bridgehead atoms. The maximum absolute atomic E-state index is 14.9. The number of likely N-dealkylation sites (N-methyl/N-ethyl adjacent to an activating group) is 1. The first-order valence-electron chi connectivity index (χ1n) is 20.2. The molecule has 8 heterocycles. The number of aryl methyl sites for hydroxylation is 1. The molecule has 1 aromatic heterocycles. The number of hydrogen-bond donors (Lipinski definition) is 4. The van der Waals surface area contributed by atoms with E-state index in [0.29, 0.717) is 52.5 Å². The van der Waals surface area contributed by atoms with Crippen molar-refractivity contribution in [3.05, 3.63) is 75.0 Å². The van der Waals surface area contributed by atoms with Crippen LogP contribution in [-0.2, 0) is 32.6 Å². The highest BCUT2D eigenvalue weighted by Crippen LogP contribution is 2.64. The number of methoxy groups -OCH3 is 1. The Kier molecular flexibility index (Phi) is 9.02. The number of aliphatic hydroxyl groups is 1. The molecule has 3 aromatic carbocycles. The molecule has 2 saturated heterocycles. The first kappa shape index (κ1) is 38.7. The lowest BCUT2D eigenvalue weighted by Crippen LogP contribution is -2.69. The lowest BCUT2D eigenvalue weighted by Gasteiger charge is -2.61. The highest BCUT2D eigenvalue weighted by Gasteiger charge is 2.61. The number of hydrogen-bond acceptors (Lipinski definition) is 14. The van der Waals surface area contributed by atoms with E-state index in [2.05, 4.69) is 26.2 Å². The smallest absolute Gasteiger partial charge is 0.504 e. The largest absolute Gasteiger partial charge is 0.514 e. The molecule has 59 heavy (non-hydrogen) atoms.